The maximum Gasteiger partial charge on any atom is 0.417 e. The van der Waals surface area contributed by atoms with Crippen LogP contribution >= 0.6 is 0 Å². The minimum Gasteiger partial charge on any atom is -0.390 e. The van der Waals surface area contributed by atoms with Crippen molar-refractivity contribution in [1.29, 1.82) is 0 Å². The molecule has 2 N–H and O–H groups in total. The third-order valence-electron chi connectivity index (χ3n) is 12.9. The first-order valence-corrected chi connectivity index (χ1v) is 15.1. The molecule has 8 atom stereocenters. The molecule has 3 nitrogen and oxygen atoms in total. The van der Waals surface area contributed by atoms with E-state index in [1.807, 2.05) is 0 Å². The van der Waals surface area contributed by atoms with Gasteiger partial charge in [0.2, 0.25) is 0 Å². The molecule has 0 saturated heterocycles. The summed E-state index contributed by atoms with van der Waals surface area (Å²) < 4.78 is 40.9. The van der Waals surface area contributed by atoms with Gasteiger partial charge in [-0.1, -0.05) is 34.1 Å². The SMILES string of the molecule is CC1(C)CCC(O)(CCC[C@H]2CC[C@H]3[C@@H]4CC[C@@H]5C[C@](O)(C(F)(F)F)CC[C@]5(C)[C@H]4C(=O)C[C@]23C)CC1. The van der Waals surface area contributed by atoms with Crippen LogP contribution in [0.5, 0.6) is 0 Å². The maximum absolute atomic E-state index is 13.8. The fourth-order valence-corrected chi connectivity index (χ4v) is 10.2. The largest absolute Gasteiger partial charge is 0.417 e. The number of hydrogen-bond acceptors (Lipinski definition) is 3. The molecular formula is C31H49F3O3. The molecule has 37 heavy (non-hydrogen) atoms. The Labute approximate surface area is 221 Å². The number of hydrogen-bond donors (Lipinski definition) is 2. The molecule has 0 spiro atoms. The highest BCUT2D eigenvalue weighted by molar-refractivity contribution is 5.84. The summed E-state index contributed by atoms with van der Waals surface area (Å²) in [4.78, 5) is 13.8. The van der Waals surface area contributed by atoms with Crippen LogP contribution in [0.4, 0.5) is 13.2 Å². The van der Waals surface area contributed by atoms with Crippen molar-refractivity contribution >= 4 is 5.78 Å². The molecule has 5 aliphatic rings. The van der Waals surface area contributed by atoms with Crippen LogP contribution in [0.1, 0.15) is 124 Å². The first-order chi connectivity index (χ1) is 17.0. The second kappa shape index (κ2) is 8.94. The monoisotopic (exact) mass is 526 g/mol. The van der Waals surface area contributed by atoms with Gasteiger partial charge in [0, 0.05) is 12.3 Å². The fraction of sp³-hybridized carbons (Fsp3) is 0.968. The summed E-state index contributed by atoms with van der Waals surface area (Å²) in [5.74, 6) is 1.07. The van der Waals surface area contributed by atoms with E-state index in [-0.39, 0.29) is 48.2 Å². The molecule has 0 bridgehead atoms. The zero-order valence-corrected chi connectivity index (χ0v) is 23.4. The van der Waals surface area contributed by atoms with Gasteiger partial charge in [-0.2, -0.15) is 13.2 Å². The van der Waals surface area contributed by atoms with Gasteiger partial charge < -0.3 is 10.2 Å². The van der Waals surface area contributed by atoms with Crippen molar-refractivity contribution < 1.29 is 28.2 Å². The van der Waals surface area contributed by atoms with Gasteiger partial charge in [-0.15, -0.1) is 0 Å². The van der Waals surface area contributed by atoms with E-state index in [2.05, 4.69) is 27.7 Å². The Bertz CT molecular complexity index is 889. The van der Waals surface area contributed by atoms with Crippen LogP contribution in [0, 0.1) is 45.8 Å². The molecule has 0 aliphatic heterocycles. The van der Waals surface area contributed by atoms with Gasteiger partial charge in [0.05, 0.1) is 5.60 Å². The highest BCUT2D eigenvalue weighted by atomic mass is 19.4. The van der Waals surface area contributed by atoms with E-state index in [0.29, 0.717) is 30.1 Å². The van der Waals surface area contributed by atoms with E-state index < -0.39 is 22.8 Å². The van der Waals surface area contributed by atoms with E-state index in [1.54, 1.807) is 0 Å². The molecule has 0 aromatic heterocycles. The Balaban J connectivity index is 1.25. The van der Waals surface area contributed by atoms with E-state index in [0.717, 1.165) is 64.2 Å². The van der Waals surface area contributed by atoms with Crippen LogP contribution in [-0.4, -0.2) is 33.4 Å². The minimum atomic E-state index is -4.61. The number of fused-ring (bicyclic) bond motifs is 5. The van der Waals surface area contributed by atoms with Gasteiger partial charge >= 0.3 is 6.18 Å². The molecule has 0 amide bonds. The minimum absolute atomic E-state index is 0.0278. The first-order valence-electron chi connectivity index (χ1n) is 15.1. The Hall–Kier alpha value is -0.620. The standard InChI is InChI=1S/C31H49F3O3/c1-26(2)12-15-29(36,16-13-26)11-5-6-20-8-10-23-22-9-7-21-18-30(37,31(32,33)34)17-14-27(21,3)25(22)24(35)19-28(20,23)4/h20-23,25,36-37H,5-19H2,1-4H3/t20-,21+,22-,23-,25+,27-,28+,30-/m0/s1. The molecule has 5 fully saturated rings. The highest BCUT2D eigenvalue weighted by Crippen LogP contribution is 2.68. The van der Waals surface area contributed by atoms with Crippen molar-refractivity contribution in [2.24, 2.45) is 45.8 Å². The Morgan fingerprint density at radius 1 is 0.865 bits per heavy atom. The summed E-state index contributed by atoms with van der Waals surface area (Å²) >= 11 is 0. The second-order valence-electron chi connectivity index (χ2n) is 15.5. The molecule has 6 heteroatoms. The molecular weight excluding hydrogens is 477 g/mol. The second-order valence-corrected chi connectivity index (χ2v) is 15.5. The molecule has 0 aromatic carbocycles. The van der Waals surface area contributed by atoms with Crippen LogP contribution in [0.2, 0.25) is 0 Å². The summed E-state index contributed by atoms with van der Waals surface area (Å²) in [7, 11) is 0. The summed E-state index contributed by atoms with van der Waals surface area (Å²) in [5, 5.41) is 21.6. The predicted molar refractivity (Wildman–Crippen MR) is 138 cm³/mol. The zero-order chi connectivity index (χ0) is 27.1. The van der Waals surface area contributed by atoms with Crippen molar-refractivity contribution in [3.63, 3.8) is 0 Å². The van der Waals surface area contributed by atoms with E-state index in [1.165, 1.54) is 0 Å². The van der Waals surface area contributed by atoms with Crippen molar-refractivity contribution in [3.05, 3.63) is 0 Å². The average molecular weight is 527 g/mol. The third kappa shape index (κ3) is 4.62. The number of Topliss-reactive ketones (excluding diaryl/α,β-unsaturated/α-hetero) is 1. The number of rotatable bonds is 4. The number of alkyl halides is 3. The summed E-state index contributed by atoms with van der Waals surface area (Å²) in [6.45, 7) is 8.96. The lowest BCUT2D eigenvalue weighted by Gasteiger charge is -2.61. The lowest BCUT2D eigenvalue weighted by molar-refractivity contribution is -0.288. The quantitative estimate of drug-likeness (QED) is 0.396. The number of carbonyl (C=O) groups is 1. The number of carbonyl (C=O) groups excluding carboxylic acids is 1. The fourth-order valence-electron chi connectivity index (χ4n) is 10.2. The third-order valence-corrected chi connectivity index (χ3v) is 12.9. The van der Waals surface area contributed by atoms with E-state index >= 15 is 0 Å². The van der Waals surface area contributed by atoms with Crippen LogP contribution in [0.25, 0.3) is 0 Å². The van der Waals surface area contributed by atoms with Gasteiger partial charge in [0.25, 0.3) is 0 Å². The van der Waals surface area contributed by atoms with Gasteiger partial charge in [-0.3, -0.25) is 4.79 Å². The molecule has 5 aliphatic carbocycles. The Morgan fingerprint density at radius 2 is 1.54 bits per heavy atom. The van der Waals surface area contributed by atoms with Gasteiger partial charge in [0.15, 0.2) is 5.60 Å². The van der Waals surface area contributed by atoms with Crippen LogP contribution in [0.3, 0.4) is 0 Å². The summed E-state index contributed by atoms with van der Waals surface area (Å²) in [6.07, 6.45) is 6.23. The number of aliphatic hydroxyl groups is 2. The van der Waals surface area contributed by atoms with Crippen molar-refractivity contribution in [2.45, 2.75) is 141 Å². The summed E-state index contributed by atoms with van der Waals surface area (Å²) in [5.41, 5.74) is -3.27. The molecule has 5 saturated carbocycles. The van der Waals surface area contributed by atoms with Crippen molar-refractivity contribution in [3.8, 4) is 0 Å². The maximum atomic E-state index is 13.8. The van der Waals surface area contributed by atoms with E-state index in [9.17, 15) is 28.2 Å². The van der Waals surface area contributed by atoms with Gasteiger partial charge in [-0.25, -0.2) is 0 Å². The average Bonchev–Trinajstić information content (AvgIpc) is 3.11. The number of halogens is 3. The van der Waals surface area contributed by atoms with Crippen LogP contribution < -0.4 is 0 Å². The Kier molecular flexibility index (Phi) is 6.75. The van der Waals surface area contributed by atoms with Crippen molar-refractivity contribution in [2.75, 3.05) is 0 Å². The molecule has 0 heterocycles. The van der Waals surface area contributed by atoms with Crippen LogP contribution in [0.15, 0.2) is 0 Å². The van der Waals surface area contributed by atoms with Gasteiger partial charge in [-0.05, 0) is 123 Å². The van der Waals surface area contributed by atoms with Gasteiger partial charge in [0.1, 0.15) is 5.78 Å². The first kappa shape index (κ1) is 27.9. The molecule has 212 valence electrons. The lowest BCUT2D eigenvalue weighted by atomic mass is 9.43. The molecule has 5 rings (SSSR count). The summed E-state index contributed by atoms with van der Waals surface area (Å²) in [6, 6.07) is 0. The molecule has 0 unspecified atom stereocenters. The smallest absolute Gasteiger partial charge is 0.390 e. The predicted octanol–water partition coefficient (Wildman–Crippen LogP) is 7.62. The zero-order valence-electron chi connectivity index (χ0n) is 23.4. The van der Waals surface area contributed by atoms with E-state index in [4.69, 9.17) is 0 Å². The highest BCUT2D eigenvalue weighted by Gasteiger charge is 2.66. The number of ketones is 1. The lowest BCUT2D eigenvalue weighted by Crippen LogP contribution is -2.61. The topological polar surface area (TPSA) is 57.5 Å². The van der Waals surface area contributed by atoms with Crippen LogP contribution in [-0.2, 0) is 4.79 Å². The Morgan fingerprint density at radius 3 is 2.19 bits per heavy atom. The normalized spacial score (nSPS) is 47.2. The molecule has 0 aromatic rings. The molecule has 0 radical (unpaired) electrons. The van der Waals surface area contributed by atoms with Crippen molar-refractivity contribution in [1.82, 2.24) is 0 Å².